The number of hydrogen-bond donors (Lipinski definition) is 1. The average molecular weight is 206 g/mol. The second-order valence-corrected chi connectivity index (χ2v) is 3.84. The first-order valence-electron chi connectivity index (χ1n) is 5.14. The van der Waals surface area contributed by atoms with Gasteiger partial charge in [0.15, 0.2) is 0 Å². The van der Waals surface area contributed by atoms with E-state index in [2.05, 4.69) is 0 Å². The van der Waals surface area contributed by atoms with E-state index in [1.54, 1.807) is 18.2 Å². The summed E-state index contributed by atoms with van der Waals surface area (Å²) in [5.41, 5.74) is 0.711. The van der Waals surface area contributed by atoms with Gasteiger partial charge >= 0.3 is 0 Å². The smallest absolute Gasteiger partial charge is 0.127 e. The van der Waals surface area contributed by atoms with Crippen molar-refractivity contribution in [2.45, 2.75) is 12.3 Å². The Morgan fingerprint density at radius 1 is 1.47 bits per heavy atom. The number of hydrogen-bond acceptors (Lipinski definition) is 3. The molecule has 1 saturated heterocycles. The van der Waals surface area contributed by atoms with Crippen LogP contribution in [0.5, 0.6) is 5.75 Å². The number of aldehydes is 1. The molecule has 1 N–H and O–H groups in total. The van der Waals surface area contributed by atoms with Crippen molar-refractivity contribution in [2.24, 2.45) is 5.92 Å². The first kappa shape index (κ1) is 10.2. The summed E-state index contributed by atoms with van der Waals surface area (Å²) in [5, 5.41) is 9.67. The van der Waals surface area contributed by atoms with Crippen LogP contribution in [0.4, 0.5) is 0 Å². The molecule has 2 rings (SSSR count). The van der Waals surface area contributed by atoms with E-state index in [1.807, 2.05) is 6.07 Å². The van der Waals surface area contributed by atoms with Crippen LogP contribution in [0.15, 0.2) is 24.3 Å². The van der Waals surface area contributed by atoms with Gasteiger partial charge in [-0.15, -0.1) is 0 Å². The van der Waals surface area contributed by atoms with E-state index in [1.165, 1.54) is 0 Å². The van der Waals surface area contributed by atoms with Crippen molar-refractivity contribution < 1.29 is 14.6 Å². The number of benzene rings is 1. The third-order valence-corrected chi connectivity index (χ3v) is 2.92. The summed E-state index contributed by atoms with van der Waals surface area (Å²) in [4.78, 5) is 11.1. The van der Waals surface area contributed by atoms with Crippen molar-refractivity contribution in [1.82, 2.24) is 0 Å². The van der Waals surface area contributed by atoms with Gasteiger partial charge in [-0.2, -0.15) is 0 Å². The van der Waals surface area contributed by atoms with Crippen molar-refractivity contribution in [3.63, 3.8) is 0 Å². The van der Waals surface area contributed by atoms with Crippen LogP contribution in [0, 0.1) is 5.92 Å². The minimum Gasteiger partial charge on any atom is -0.508 e. The van der Waals surface area contributed by atoms with Crippen molar-refractivity contribution in [3.05, 3.63) is 29.8 Å². The molecule has 0 aromatic heterocycles. The fourth-order valence-electron chi connectivity index (χ4n) is 2.04. The minimum atomic E-state index is -0.242. The van der Waals surface area contributed by atoms with Crippen molar-refractivity contribution in [1.29, 1.82) is 0 Å². The highest BCUT2D eigenvalue weighted by molar-refractivity contribution is 5.65. The topological polar surface area (TPSA) is 46.5 Å². The molecule has 3 heteroatoms. The third-order valence-electron chi connectivity index (χ3n) is 2.92. The Labute approximate surface area is 88.7 Å². The Kier molecular flexibility index (Phi) is 3.02. The first-order chi connectivity index (χ1) is 7.33. The Bertz CT molecular complexity index is 342. The maximum atomic E-state index is 11.1. The van der Waals surface area contributed by atoms with Gasteiger partial charge in [0.2, 0.25) is 0 Å². The second-order valence-electron chi connectivity index (χ2n) is 3.84. The Balaban J connectivity index is 2.26. The fraction of sp³-hybridized carbons (Fsp3) is 0.417. The molecule has 0 amide bonds. The lowest BCUT2D eigenvalue weighted by Gasteiger charge is -2.17. The van der Waals surface area contributed by atoms with Gasteiger partial charge < -0.3 is 14.6 Å². The molecule has 15 heavy (non-hydrogen) atoms. The average Bonchev–Trinajstić information content (AvgIpc) is 2.75. The maximum Gasteiger partial charge on any atom is 0.127 e. The number of phenolic OH excluding ortho intramolecular Hbond substituents is 1. The third kappa shape index (κ3) is 2.02. The highest BCUT2D eigenvalue weighted by Crippen LogP contribution is 2.33. The normalized spacial score (nSPS) is 22.5. The highest BCUT2D eigenvalue weighted by atomic mass is 16.5. The monoisotopic (exact) mass is 206 g/mol. The predicted octanol–water partition coefficient (Wildman–Crippen LogP) is 1.71. The van der Waals surface area contributed by atoms with Gasteiger partial charge in [-0.3, -0.25) is 0 Å². The summed E-state index contributed by atoms with van der Waals surface area (Å²) in [7, 11) is 0. The summed E-state index contributed by atoms with van der Waals surface area (Å²) in [6.07, 6.45) is 1.80. The number of rotatable bonds is 3. The van der Waals surface area contributed by atoms with Crippen LogP contribution in [0.25, 0.3) is 0 Å². The molecule has 0 aliphatic carbocycles. The van der Waals surface area contributed by atoms with Crippen molar-refractivity contribution in [3.8, 4) is 5.75 Å². The Morgan fingerprint density at radius 2 is 2.27 bits per heavy atom. The summed E-state index contributed by atoms with van der Waals surface area (Å²) in [6, 6.07) is 7.00. The molecule has 1 aliphatic heterocycles. The second kappa shape index (κ2) is 4.45. The molecular weight excluding hydrogens is 192 g/mol. The van der Waals surface area contributed by atoms with Crippen LogP contribution in [0.1, 0.15) is 17.9 Å². The zero-order valence-electron chi connectivity index (χ0n) is 8.43. The molecule has 1 heterocycles. The number of carbonyl (C=O) groups excluding carboxylic acids is 1. The number of ether oxygens (including phenoxy) is 1. The van der Waals surface area contributed by atoms with Crippen LogP contribution in [-0.2, 0) is 9.53 Å². The van der Waals surface area contributed by atoms with E-state index in [-0.39, 0.29) is 17.6 Å². The van der Waals surface area contributed by atoms with E-state index in [0.717, 1.165) is 12.7 Å². The lowest BCUT2D eigenvalue weighted by molar-refractivity contribution is -0.110. The van der Waals surface area contributed by atoms with Crippen molar-refractivity contribution in [2.75, 3.05) is 13.2 Å². The molecule has 3 nitrogen and oxygen atoms in total. The highest BCUT2D eigenvalue weighted by Gasteiger charge is 2.28. The quantitative estimate of drug-likeness (QED) is 0.766. The van der Waals surface area contributed by atoms with Gasteiger partial charge in [0.05, 0.1) is 6.61 Å². The van der Waals surface area contributed by atoms with E-state index < -0.39 is 0 Å². The van der Waals surface area contributed by atoms with Gasteiger partial charge in [0.25, 0.3) is 0 Å². The lowest BCUT2D eigenvalue weighted by Crippen LogP contribution is -2.14. The molecule has 1 aliphatic rings. The molecule has 0 spiro atoms. The van der Waals surface area contributed by atoms with Crippen LogP contribution in [0.2, 0.25) is 0 Å². The maximum absolute atomic E-state index is 11.1. The number of para-hydroxylation sites is 1. The zero-order chi connectivity index (χ0) is 10.7. The van der Waals surface area contributed by atoms with Gasteiger partial charge in [-0.1, -0.05) is 18.2 Å². The molecule has 1 aromatic carbocycles. The molecule has 1 aromatic rings. The van der Waals surface area contributed by atoms with E-state index in [4.69, 9.17) is 4.74 Å². The molecule has 0 saturated carbocycles. The first-order valence-corrected chi connectivity index (χ1v) is 5.14. The van der Waals surface area contributed by atoms with E-state index in [9.17, 15) is 9.90 Å². The summed E-state index contributed by atoms with van der Waals surface area (Å²) in [6.45, 7) is 1.32. The van der Waals surface area contributed by atoms with E-state index in [0.29, 0.717) is 18.8 Å². The summed E-state index contributed by atoms with van der Waals surface area (Å²) in [5.74, 6) is 0.158. The molecule has 2 unspecified atom stereocenters. The molecule has 0 radical (unpaired) electrons. The SMILES string of the molecule is O=CC(c1ccccc1O)C1CCOC1. The molecule has 80 valence electrons. The number of phenols is 1. The van der Waals surface area contributed by atoms with Gasteiger partial charge in [0, 0.05) is 18.1 Å². The van der Waals surface area contributed by atoms with Gasteiger partial charge in [-0.25, -0.2) is 0 Å². The van der Waals surface area contributed by atoms with Gasteiger partial charge in [0.1, 0.15) is 12.0 Å². The largest absolute Gasteiger partial charge is 0.508 e. The molecule has 0 bridgehead atoms. The number of aromatic hydroxyl groups is 1. The van der Waals surface area contributed by atoms with Crippen LogP contribution >= 0.6 is 0 Å². The zero-order valence-corrected chi connectivity index (χ0v) is 8.43. The van der Waals surface area contributed by atoms with Crippen molar-refractivity contribution >= 4 is 6.29 Å². The standard InChI is InChI=1S/C12H14O3/c13-7-11(9-5-6-15-8-9)10-3-1-2-4-12(10)14/h1-4,7,9,11,14H,5-6,8H2. The Hall–Kier alpha value is -1.35. The van der Waals surface area contributed by atoms with Gasteiger partial charge in [-0.05, 0) is 18.4 Å². The molecule has 2 atom stereocenters. The van der Waals surface area contributed by atoms with E-state index >= 15 is 0 Å². The summed E-state index contributed by atoms with van der Waals surface area (Å²) < 4.78 is 5.26. The Morgan fingerprint density at radius 3 is 2.87 bits per heavy atom. The van der Waals surface area contributed by atoms with Crippen LogP contribution in [-0.4, -0.2) is 24.6 Å². The predicted molar refractivity (Wildman–Crippen MR) is 55.8 cm³/mol. The molecular formula is C12H14O3. The summed E-state index contributed by atoms with van der Waals surface area (Å²) >= 11 is 0. The molecule has 1 fully saturated rings. The van der Waals surface area contributed by atoms with Crippen LogP contribution in [0.3, 0.4) is 0 Å². The number of carbonyl (C=O) groups is 1. The lowest BCUT2D eigenvalue weighted by atomic mass is 9.86. The van der Waals surface area contributed by atoms with Crippen LogP contribution < -0.4 is 0 Å². The fourth-order valence-corrected chi connectivity index (χ4v) is 2.04. The minimum absolute atomic E-state index is 0.196.